The smallest absolute Gasteiger partial charge is 0.189 e. The minimum atomic E-state index is 0.425. The molecule has 0 spiro atoms. The number of aromatic nitrogens is 2. The molecule has 0 radical (unpaired) electrons. The molecular weight excluding hydrogens is 202 g/mol. The van der Waals surface area contributed by atoms with E-state index in [1.807, 2.05) is 30.8 Å². The lowest BCUT2D eigenvalue weighted by Gasteiger charge is -2.03. The zero-order valence-electron chi connectivity index (χ0n) is 9.90. The molecule has 1 rings (SSSR count). The molecule has 1 heterocycles. The highest BCUT2D eigenvalue weighted by Crippen LogP contribution is 1.97. The van der Waals surface area contributed by atoms with Gasteiger partial charge in [-0.25, -0.2) is 4.99 Å². The third-order valence-corrected chi connectivity index (χ3v) is 2.00. The topological polar surface area (TPSA) is 68.2 Å². The van der Waals surface area contributed by atoms with Gasteiger partial charge >= 0.3 is 0 Å². The Morgan fingerprint density at radius 2 is 2.44 bits per heavy atom. The van der Waals surface area contributed by atoms with Crippen LogP contribution in [0.25, 0.3) is 0 Å². The Balaban J connectivity index is 2.42. The molecule has 5 nitrogen and oxygen atoms in total. The molecule has 0 bridgehead atoms. The van der Waals surface area contributed by atoms with Crippen LogP contribution in [0.15, 0.2) is 29.4 Å². The molecule has 0 amide bonds. The van der Waals surface area contributed by atoms with Crippen molar-refractivity contribution in [3.63, 3.8) is 0 Å². The van der Waals surface area contributed by atoms with E-state index in [0.29, 0.717) is 19.0 Å². The van der Waals surface area contributed by atoms with E-state index < -0.39 is 0 Å². The first-order valence-corrected chi connectivity index (χ1v) is 5.32. The molecule has 0 aliphatic heterocycles. The third kappa shape index (κ3) is 4.16. The Labute approximate surface area is 96.1 Å². The van der Waals surface area contributed by atoms with Crippen LogP contribution in [-0.2, 0) is 13.1 Å². The summed E-state index contributed by atoms with van der Waals surface area (Å²) in [6.07, 6.45) is 1.93. The highest BCUT2D eigenvalue weighted by molar-refractivity contribution is 5.77. The van der Waals surface area contributed by atoms with Gasteiger partial charge in [-0.05, 0) is 19.9 Å². The molecule has 0 unspecified atom stereocenters. The molecule has 1 aromatic rings. The Morgan fingerprint density at radius 1 is 1.69 bits per heavy atom. The summed E-state index contributed by atoms with van der Waals surface area (Å²) in [7, 11) is 0. The maximum Gasteiger partial charge on any atom is 0.189 e. The molecule has 0 aromatic carbocycles. The molecule has 3 N–H and O–H groups in total. The van der Waals surface area contributed by atoms with E-state index in [1.54, 1.807) is 0 Å². The second-order valence-corrected chi connectivity index (χ2v) is 3.67. The van der Waals surface area contributed by atoms with Gasteiger partial charge in [0.25, 0.3) is 0 Å². The average molecular weight is 221 g/mol. The van der Waals surface area contributed by atoms with E-state index in [2.05, 4.69) is 22.0 Å². The Kier molecular flexibility index (Phi) is 4.57. The Hall–Kier alpha value is -1.78. The fourth-order valence-corrected chi connectivity index (χ4v) is 1.13. The highest BCUT2D eigenvalue weighted by Gasteiger charge is 1.97. The molecule has 0 saturated heterocycles. The van der Waals surface area contributed by atoms with Gasteiger partial charge in [-0.1, -0.05) is 12.2 Å². The van der Waals surface area contributed by atoms with Crippen molar-refractivity contribution in [1.29, 1.82) is 0 Å². The summed E-state index contributed by atoms with van der Waals surface area (Å²) < 4.78 is 1.86. The molecule has 0 atom stereocenters. The van der Waals surface area contributed by atoms with Crippen LogP contribution in [0.2, 0.25) is 0 Å². The lowest BCUT2D eigenvalue weighted by Crippen LogP contribution is -2.32. The summed E-state index contributed by atoms with van der Waals surface area (Å²) in [5, 5.41) is 7.27. The molecule has 5 heteroatoms. The van der Waals surface area contributed by atoms with Crippen LogP contribution in [0.4, 0.5) is 0 Å². The predicted molar refractivity (Wildman–Crippen MR) is 66.0 cm³/mol. The van der Waals surface area contributed by atoms with Crippen LogP contribution in [0.3, 0.4) is 0 Å². The van der Waals surface area contributed by atoms with Gasteiger partial charge in [0.15, 0.2) is 5.96 Å². The van der Waals surface area contributed by atoms with Gasteiger partial charge in [0.2, 0.25) is 0 Å². The molecule has 16 heavy (non-hydrogen) atoms. The summed E-state index contributed by atoms with van der Waals surface area (Å²) in [6.45, 7) is 9.77. The fraction of sp³-hybridized carbons (Fsp3) is 0.455. The number of guanidine groups is 1. The second-order valence-electron chi connectivity index (χ2n) is 3.67. The molecular formula is C11H19N5. The normalized spacial score (nSPS) is 11.5. The first-order chi connectivity index (χ1) is 7.61. The molecule has 0 aliphatic carbocycles. The van der Waals surface area contributed by atoms with Gasteiger partial charge in [0.1, 0.15) is 0 Å². The fourth-order valence-electron chi connectivity index (χ4n) is 1.13. The SMILES string of the molecule is C=C(C)CNC(N)=NCc1ccn(CC)n1. The molecule has 88 valence electrons. The molecule has 0 saturated carbocycles. The largest absolute Gasteiger partial charge is 0.370 e. The number of nitrogens with two attached hydrogens (primary N) is 1. The van der Waals surface area contributed by atoms with Crippen molar-refractivity contribution in [3.05, 3.63) is 30.1 Å². The van der Waals surface area contributed by atoms with Gasteiger partial charge in [-0.15, -0.1) is 0 Å². The van der Waals surface area contributed by atoms with Crippen molar-refractivity contribution in [2.75, 3.05) is 6.54 Å². The van der Waals surface area contributed by atoms with Crippen molar-refractivity contribution >= 4 is 5.96 Å². The zero-order valence-corrected chi connectivity index (χ0v) is 9.90. The maximum atomic E-state index is 5.67. The molecule has 1 aromatic heterocycles. The number of nitrogens with zero attached hydrogens (tertiary/aromatic N) is 3. The van der Waals surface area contributed by atoms with Crippen molar-refractivity contribution in [2.24, 2.45) is 10.7 Å². The lowest BCUT2D eigenvalue weighted by atomic mass is 10.3. The lowest BCUT2D eigenvalue weighted by molar-refractivity contribution is 0.647. The predicted octanol–water partition coefficient (Wildman–Crippen LogP) is 0.883. The average Bonchev–Trinajstić information content (AvgIpc) is 2.71. The molecule has 0 fully saturated rings. The first kappa shape index (κ1) is 12.3. The van der Waals surface area contributed by atoms with E-state index in [4.69, 9.17) is 5.73 Å². The van der Waals surface area contributed by atoms with Crippen molar-refractivity contribution < 1.29 is 0 Å². The van der Waals surface area contributed by atoms with Crippen LogP contribution in [-0.4, -0.2) is 22.3 Å². The number of aryl methyl sites for hydroxylation is 1. The van der Waals surface area contributed by atoms with Crippen molar-refractivity contribution in [2.45, 2.75) is 26.9 Å². The summed E-state index contributed by atoms with van der Waals surface area (Å²) in [4.78, 5) is 4.18. The summed E-state index contributed by atoms with van der Waals surface area (Å²) in [5.74, 6) is 0.425. The van der Waals surface area contributed by atoms with Gasteiger partial charge < -0.3 is 11.1 Å². The van der Waals surface area contributed by atoms with E-state index >= 15 is 0 Å². The summed E-state index contributed by atoms with van der Waals surface area (Å²) >= 11 is 0. The minimum Gasteiger partial charge on any atom is -0.370 e. The van der Waals surface area contributed by atoms with E-state index in [-0.39, 0.29) is 0 Å². The Morgan fingerprint density at radius 3 is 3.00 bits per heavy atom. The van der Waals surface area contributed by atoms with Gasteiger partial charge in [-0.2, -0.15) is 5.10 Å². The van der Waals surface area contributed by atoms with Crippen LogP contribution >= 0.6 is 0 Å². The van der Waals surface area contributed by atoms with E-state index in [9.17, 15) is 0 Å². The molecule has 0 aliphatic rings. The van der Waals surface area contributed by atoms with Gasteiger partial charge in [0, 0.05) is 19.3 Å². The minimum absolute atomic E-state index is 0.425. The van der Waals surface area contributed by atoms with E-state index in [1.165, 1.54) is 0 Å². The van der Waals surface area contributed by atoms with Crippen LogP contribution in [0.1, 0.15) is 19.5 Å². The first-order valence-electron chi connectivity index (χ1n) is 5.32. The maximum absolute atomic E-state index is 5.67. The third-order valence-electron chi connectivity index (χ3n) is 2.00. The van der Waals surface area contributed by atoms with Gasteiger partial charge in [0.05, 0.1) is 12.2 Å². The standard InChI is InChI=1S/C11H19N5/c1-4-16-6-5-10(15-16)8-14-11(12)13-7-9(2)3/h5-6H,2,4,7-8H2,1,3H3,(H3,12,13,14). The Bertz CT molecular complexity index is 377. The van der Waals surface area contributed by atoms with Crippen molar-refractivity contribution in [1.82, 2.24) is 15.1 Å². The number of hydrogen-bond donors (Lipinski definition) is 2. The van der Waals surface area contributed by atoms with Crippen molar-refractivity contribution in [3.8, 4) is 0 Å². The number of rotatable bonds is 5. The van der Waals surface area contributed by atoms with Gasteiger partial charge in [-0.3, -0.25) is 4.68 Å². The van der Waals surface area contributed by atoms with Crippen LogP contribution < -0.4 is 11.1 Å². The number of hydrogen-bond acceptors (Lipinski definition) is 2. The number of aliphatic imine (C=N–C) groups is 1. The zero-order chi connectivity index (χ0) is 12.0. The van der Waals surface area contributed by atoms with Crippen LogP contribution in [0, 0.1) is 0 Å². The van der Waals surface area contributed by atoms with Crippen LogP contribution in [0.5, 0.6) is 0 Å². The monoisotopic (exact) mass is 221 g/mol. The van der Waals surface area contributed by atoms with E-state index in [0.717, 1.165) is 17.8 Å². The summed E-state index contributed by atoms with van der Waals surface area (Å²) in [6, 6.07) is 1.94. The second kappa shape index (κ2) is 5.95. The number of nitrogens with one attached hydrogen (secondary N) is 1. The highest BCUT2D eigenvalue weighted by atomic mass is 15.3. The summed E-state index contributed by atoms with van der Waals surface area (Å²) in [5.41, 5.74) is 7.61. The quantitative estimate of drug-likeness (QED) is 0.440.